The number of phenols is 1. The molecule has 4 heteroatoms. The van der Waals surface area contributed by atoms with Crippen LogP contribution in [0.5, 0.6) is 5.75 Å². The molecule has 1 aromatic rings. The van der Waals surface area contributed by atoms with Crippen LogP contribution in [0.15, 0.2) is 12.1 Å². The summed E-state index contributed by atoms with van der Waals surface area (Å²) < 4.78 is 0. The van der Waals surface area contributed by atoms with Crippen molar-refractivity contribution in [2.45, 2.75) is 39.7 Å². The molecule has 0 aliphatic carbocycles. The number of phenolic OH excluding ortho intramolecular Hbond substituents is 1. The molecule has 104 valence electrons. The maximum atomic E-state index is 12.2. The van der Waals surface area contributed by atoms with Crippen molar-refractivity contribution in [1.82, 2.24) is 5.32 Å². The monoisotopic (exact) mass is 262 g/mol. The number of rotatable bonds is 2. The van der Waals surface area contributed by atoms with Crippen LogP contribution in [0.3, 0.4) is 0 Å². The molecule has 1 fully saturated rings. The van der Waals surface area contributed by atoms with Crippen LogP contribution in [0.2, 0.25) is 0 Å². The third-order valence-corrected chi connectivity index (χ3v) is 3.69. The number of piperidine rings is 1. The molecule has 1 aliphatic heterocycles. The molecule has 1 aliphatic rings. The molecule has 4 nitrogen and oxygen atoms in total. The van der Waals surface area contributed by atoms with E-state index < -0.39 is 0 Å². The second kappa shape index (κ2) is 5.61. The minimum absolute atomic E-state index is 0.0631. The summed E-state index contributed by atoms with van der Waals surface area (Å²) >= 11 is 0. The van der Waals surface area contributed by atoms with Crippen molar-refractivity contribution in [2.75, 3.05) is 11.9 Å². The summed E-state index contributed by atoms with van der Waals surface area (Å²) in [5.41, 5.74) is 2.30. The van der Waals surface area contributed by atoms with Gasteiger partial charge in [0.15, 0.2) is 0 Å². The van der Waals surface area contributed by atoms with Crippen molar-refractivity contribution in [1.29, 1.82) is 0 Å². The van der Waals surface area contributed by atoms with Gasteiger partial charge in [-0.25, -0.2) is 0 Å². The van der Waals surface area contributed by atoms with Gasteiger partial charge in [0.1, 0.15) is 5.75 Å². The molecule has 1 amide bonds. The summed E-state index contributed by atoms with van der Waals surface area (Å²) in [6.45, 7) is 6.81. The molecule has 0 spiro atoms. The highest BCUT2D eigenvalue weighted by atomic mass is 16.3. The molecule has 2 rings (SSSR count). The molecule has 1 aromatic carbocycles. The van der Waals surface area contributed by atoms with Gasteiger partial charge in [-0.3, -0.25) is 4.79 Å². The Morgan fingerprint density at radius 3 is 2.84 bits per heavy atom. The van der Waals surface area contributed by atoms with Gasteiger partial charge in [0.25, 0.3) is 0 Å². The van der Waals surface area contributed by atoms with Crippen LogP contribution in [-0.2, 0) is 4.79 Å². The Morgan fingerprint density at radius 1 is 1.42 bits per heavy atom. The summed E-state index contributed by atoms with van der Waals surface area (Å²) in [7, 11) is 0. The third kappa shape index (κ3) is 3.26. The second-order valence-corrected chi connectivity index (χ2v) is 5.60. The Kier molecular flexibility index (Phi) is 4.10. The number of nitrogens with one attached hydrogen (secondary N) is 2. The van der Waals surface area contributed by atoms with E-state index in [-0.39, 0.29) is 17.7 Å². The average Bonchev–Trinajstić information content (AvgIpc) is 2.35. The average molecular weight is 262 g/mol. The normalized spacial score (nSPS) is 23.1. The summed E-state index contributed by atoms with van der Waals surface area (Å²) in [5, 5.41) is 16.0. The van der Waals surface area contributed by atoms with E-state index in [1.165, 1.54) is 0 Å². The fourth-order valence-electron chi connectivity index (χ4n) is 2.58. The Bertz CT molecular complexity index is 485. The standard InChI is InChI=1S/C15H22N2O2/c1-9-4-5-16-13(7-9)15(19)17-12-8-10(2)6-11(3)14(12)18/h6,8-9,13,16,18H,4-5,7H2,1-3H3,(H,17,19). The fourth-order valence-corrected chi connectivity index (χ4v) is 2.58. The number of anilines is 1. The Hall–Kier alpha value is -1.55. The quantitative estimate of drug-likeness (QED) is 0.717. The number of benzene rings is 1. The van der Waals surface area contributed by atoms with E-state index >= 15 is 0 Å². The van der Waals surface area contributed by atoms with Crippen LogP contribution in [-0.4, -0.2) is 23.6 Å². The van der Waals surface area contributed by atoms with Gasteiger partial charge in [-0.2, -0.15) is 0 Å². The summed E-state index contributed by atoms with van der Waals surface area (Å²) in [6.07, 6.45) is 1.95. The predicted molar refractivity (Wildman–Crippen MR) is 76.4 cm³/mol. The number of amides is 1. The summed E-state index contributed by atoms with van der Waals surface area (Å²) in [6, 6.07) is 3.53. The van der Waals surface area contributed by atoms with Gasteiger partial charge in [0.2, 0.25) is 5.91 Å². The van der Waals surface area contributed by atoms with Crippen molar-refractivity contribution < 1.29 is 9.90 Å². The van der Waals surface area contributed by atoms with Crippen LogP contribution < -0.4 is 10.6 Å². The minimum atomic E-state index is -0.163. The first-order valence-electron chi connectivity index (χ1n) is 6.82. The van der Waals surface area contributed by atoms with Crippen LogP contribution in [0.1, 0.15) is 30.9 Å². The zero-order valence-corrected chi connectivity index (χ0v) is 11.8. The number of carbonyl (C=O) groups excluding carboxylic acids is 1. The highest BCUT2D eigenvalue weighted by Crippen LogP contribution is 2.29. The second-order valence-electron chi connectivity index (χ2n) is 5.60. The lowest BCUT2D eigenvalue weighted by Gasteiger charge is -2.27. The zero-order valence-electron chi connectivity index (χ0n) is 11.8. The van der Waals surface area contributed by atoms with Crippen molar-refractivity contribution in [3.05, 3.63) is 23.3 Å². The molecular weight excluding hydrogens is 240 g/mol. The van der Waals surface area contributed by atoms with Gasteiger partial charge >= 0.3 is 0 Å². The Balaban J connectivity index is 2.10. The van der Waals surface area contributed by atoms with Crippen molar-refractivity contribution in [3.8, 4) is 5.75 Å². The largest absolute Gasteiger partial charge is 0.505 e. The lowest BCUT2D eigenvalue weighted by molar-refractivity contribution is -0.119. The van der Waals surface area contributed by atoms with E-state index in [4.69, 9.17) is 0 Å². The molecule has 19 heavy (non-hydrogen) atoms. The third-order valence-electron chi connectivity index (χ3n) is 3.69. The molecule has 0 aromatic heterocycles. The van der Waals surface area contributed by atoms with E-state index in [9.17, 15) is 9.90 Å². The van der Waals surface area contributed by atoms with E-state index in [0.29, 0.717) is 11.6 Å². The fraction of sp³-hybridized carbons (Fsp3) is 0.533. The first kappa shape index (κ1) is 13.9. The first-order valence-corrected chi connectivity index (χ1v) is 6.82. The molecule has 0 radical (unpaired) electrons. The van der Waals surface area contributed by atoms with Gasteiger partial charge in [-0.05, 0) is 56.3 Å². The topological polar surface area (TPSA) is 61.4 Å². The van der Waals surface area contributed by atoms with Crippen LogP contribution in [0, 0.1) is 19.8 Å². The number of aromatic hydroxyl groups is 1. The van der Waals surface area contributed by atoms with Crippen molar-refractivity contribution in [3.63, 3.8) is 0 Å². The predicted octanol–water partition coefficient (Wildman–Crippen LogP) is 2.34. The van der Waals surface area contributed by atoms with Gasteiger partial charge in [-0.15, -0.1) is 0 Å². The van der Waals surface area contributed by atoms with E-state index in [1.807, 2.05) is 19.9 Å². The number of hydrogen-bond acceptors (Lipinski definition) is 3. The molecule has 1 saturated heterocycles. The summed E-state index contributed by atoms with van der Waals surface area (Å²) in [5.74, 6) is 0.652. The lowest BCUT2D eigenvalue weighted by atomic mass is 9.94. The van der Waals surface area contributed by atoms with Gasteiger partial charge in [-0.1, -0.05) is 13.0 Å². The maximum Gasteiger partial charge on any atom is 0.241 e. The van der Waals surface area contributed by atoms with E-state index in [0.717, 1.165) is 30.5 Å². The molecular formula is C15H22N2O2. The molecule has 2 atom stereocenters. The van der Waals surface area contributed by atoms with Crippen LogP contribution >= 0.6 is 0 Å². The summed E-state index contributed by atoms with van der Waals surface area (Å²) in [4.78, 5) is 12.2. The van der Waals surface area contributed by atoms with E-state index in [2.05, 4.69) is 17.6 Å². The maximum absolute atomic E-state index is 12.2. The van der Waals surface area contributed by atoms with E-state index in [1.54, 1.807) is 6.07 Å². The highest BCUT2D eigenvalue weighted by molar-refractivity contribution is 5.96. The smallest absolute Gasteiger partial charge is 0.241 e. The van der Waals surface area contributed by atoms with Gasteiger partial charge < -0.3 is 15.7 Å². The Morgan fingerprint density at radius 2 is 2.16 bits per heavy atom. The first-order chi connectivity index (χ1) is 8.97. The SMILES string of the molecule is Cc1cc(C)c(O)c(NC(=O)C2CC(C)CCN2)c1. The Labute approximate surface area is 114 Å². The van der Waals surface area contributed by atoms with Gasteiger partial charge in [0, 0.05) is 0 Å². The van der Waals surface area contributed by atoms with Crippen LogP contribution in [0.25, 0.3) is 0 Å². The molecule has 1 heterocycles. The lowest BCUT2D eigenvalue weighted by Crippen LogP contribution is -2.45. The molecule has 0 saturated carbocycles. The highest BCUT2D eigenvalue weighted by Gasteiger charge is 2.25. The molecule has 0 bridgehead atoms. The van der Waals surface area contributed by atoms with Crippen LogP contribution in [0.4, 0.5) is 5.69 Å². The minimum Gasteiger partial charge on any atom is -0.505 e. The zero-order chi connectivity index (χ0) is 14.0. The van der Waals surface area contributed by atoms with Gasteiger partial charge in [0.05, 0.1) is 11.7 Å². The molecule has 2 unspecified atom stereocenters. The number of hydrogen-bond donors (Lipinski definition) is 3. The molecule has 3 N–H and O–H groups in total. The number of aryl methyl sites for hydroxylation is 2. The van der Waals surface area contributed by atoms with Crippen molar-refractivity contribution in [2.24, 2.45) is 5.92 Å². The van der Waals surface area contributed by atoms with Crippen molar-refractivity contribution >= 4 is 11.6 Å². The number of carbonyl (C=O) groups is 1.